The number of nitrogens with zero attached hydrogens (tertiary/aromatic N) is 1. The molecule has 0 saturated heterocycles. The second kappa shape index (κ2) is 5.85. The molecule has 1 aliphatic rings. The van der Waals surface area contributed by atoms with Crippen LogP contribution in [0.2, 0.25) is 0 Å². The summed E-state index contributed by atoms with van der Waals surface area (Å²) in [6, 6.07) is 1.82. The molecule has 1 amide bonds. The summed E-state index contributed by atoms with van der Waals surface area (Å²) in [4.78, 5) is 16.3. The summed E-state index contributed by atoms with van der Waals surface area (Å²) >= 11 is 0. The molecule has 0 spiro atoms. The summed E-state index contributed by atoms with van der Waals surface area (Å²) in [7, 11) is 0. The Morgan fingerprint density at radius 2 is 2.00 bits per heavy atom. The second-order valence-corrected chi connectivity index (χ2v) is 5.10. The number of carbonyl (C=O) groups is 1. The average Bonchev–Trinajstić information content (AvgIpc) is 2.62. The minimum Gasteiger partial charge on any atom is -0.397 e. The molecule has 1 saturated carbocycles. The van der Waals surface area contributed by atoms with E-state index in [9.17, 15) is 4.79 Å². The van der Waals surface area contributed by atoms with Crippen LogP contribution < -0.4 is 11.1 Å². The van der Waals surface area contributed by atoms with Gasteiger partial charge in [-0.25, -0.2) is 4.98 Å². The van der Waals surface area contributed by atoms with E-state index in [1.807, 2.05) is 13.0 Å². The molecule has 4 heteroatoms. The number of nitrogens with one attached hydrogen (secondary N) is 1. The van der Waals surface area contributed by atoms with Crippen molar-refractivity contribution in [2.24, 2.45) is 5.92 Å². The molecular formula is C14H21N3O. The van der Waals surface area contributed by atoms with Crippen molar-refractivity contribution in [1.82, 2.24) is 4.98 Å². The van der Waals surface area contributed by atoms with Gasteiger partial charge < -0.3 is 11.1 Å². The fourth-order valence-corrected chi connectivity index (χ4v) is 2.40. The van der Waals surface area contributed by atoms with E-state index in [-0.39, 0.29) is 11.8 Å². The molecule has 2 rings (SSSR count). The minimum absolute atomic E-state index is 0.105. The molecule has 1 aromatic rings. The maximum absolute atomic E-state index is 12.1. The predicted octanol–water partition coefficient (Wildman–Crippen LogP) is 2.88. The number of nitrogen functional groups attached to an aromatic ring is 1. The first kappa shape index (κ1) is 12.9. The monoisotopic (exact) mass is 247 g/mol. The van der Waals surface area contributed by atoms with Gasteiger partial charge in [0.15, 0.2) is 0 Å². The fourth-order valence-electron chi connectivity index (χ4n) is 2.40. The van der Waals surface area contributed by atoms with Crippen molar-refractivity contribution in [3.63, 3.8) is 0 Å². The van der Waals surface area contributed by atoms with E-state index in [4.69, 9.17) is 5.73 Å². The van der Waals surface area contributed by atoms with Crippen LogP contribution in [0, 0.1) is 12.8 Å². The number of aromatic nitrogens is 1. The molecule has 1 aliphatic carbocycles. The van der Waals surface area contributed by atoms with Crippen molar-refractivity contribution in [3.05, 3.63) is 17.8 Å². The summed E-state index contributed by atoms with van der Waals surface area (Å²) in [5.74, 6) is 0.858. The standard InChI is InChI=1S/C14H21N3O/c1-10-8-13(16-9-12(10)15)17-14(18)11-6-4-2-3-5-7-11/h8-9,11H,2-7,15H2,1H3,(H,16,17,18). The molecule has 0 radical (unpaired) electrons. The van der Waals surface area contributed by atoms with Gasteiger partial charge in [-0.05, 0) is 31.4 Å². The van der Waals surface area contributed by atoms with E-state index in [1.165, 1.54) is 12.8 Å². The first-order chi connectivity index (χ1) is 8.66. The molecule has 3 N–H and O–H groups in total. The maximum atomic E-state index is 12.1. The van der Waals surface area contributed by atoms with Crippen LogP contribution in [0.25, 0.3) is 0 Å². The van der Waals surface area contributed by atoms with Crippen molar-refractivity contribution >= 4 is 17.4 Å². The number of carbonyl (C=O) groups excluding carboxylic acids is 1. The molecule has 0 aliphatic heterocycles. The molecule has 1 fully saturated rings. The van der Waals surface area contributed by atoms with Gasteiger partial charge in [0.25, 0.3) is 0 Å². The maximum Gasteiger partial charge on any atom is 0.228 e. The first-order valence-corrected chi connectivity index (χ1v) is 6.70. The summed E-state index contributed by atoms with van der Waals surface area (Å²) < 4.78 is 0. The second-order valence-electron chi connectivity index (χ2n) is 5.10. The van der Waals surface area contributed by atoms with Gasteiger partial charge in [0.2, 0.25) is 5.91 Å². The summed E-state index contributed by atoms with van der Waals surface area (Å²) in [6.07, 6.45) is 8.42. The van der Waals surface area contributed by atoms with Crippen molar-refractivity contribution in [3.8, 4) is 0 Å². The largest absolute Gasteiger partial charge is 0.397 e. The molecule has 98 valence electrons. The van der Waals surface area contributed by atoms with Gasteiger partial charge >= 0.3 is 0 Å². The van der Waals surface area contributed by atoms with E-state index >= 15 is 0 Å². The third kappa shape index (κ3) is 3.22. The van der Waals surface area contributed by atoms with Crippen molar-refractivity contribution in [2.75, 3.05) is 11.1 Å². The zero-order chi connectivity index (χ0) is 13.0. The molecule has 1 aromatic heterocycles. The van der Waals surface area contributed by atoms with Crippen LogP contribution in [0.1, 0.15) is 44.1 Å². The molecule has 18 heavy (non-hydrogen) atoms. The van der Waals surface area contributed by atoms with Gasteiger partial charge in [-0.15, -0.1) is 0 Å². The van der Waals surface area contributed by atoms with Crippen molar-refractivity contribution in [1.29, 1.82) is 0 Å². The third-order valence-corrected chi connectivity index (χ3v) is 3.63. The van der Waals surface area contributed by atoms with Gasteiger partial charge in [-0.3, -0.25) is 4.79 Å². The number of rotatable bonds is 2. The molecule has 0 atom stereocenters. The van der Waals surface area contributed by atoms with Crippen LogP contribution in [0.3, 0.4) is 0 Å². The topological polar surface area (TPSA) is 68.0 Å². The highest BCUT2D eigenvalue weighted by Gasteiger charge is 2.20. The quantitative estimate of drug-likeness (QED) is 0.790. The van der Waals surface area contributed by atoms with Gasteiger partial charge in [0, 0.05) is 5.92 Å². The lowest BCUT2D eigenvalue weighted by atomic mass is 9.99. The summed E-state index contributed by atoms with van der Waals surface area (Å²) in [5, 5.41) is 2.90. The Kier molecular flexibility index (Phi) is 4.18. The van der Waals surface area contributed by atoms with Crippen LogP contribution in [0.15, 0.2) is 12.3 Å². The van der Waals surface area contributed by atoms with Crippen LogP contribution >= 0.6 is 0 Å². The minimum atomic E-state index is 0.105. The molecule has 4 nitrogen and oxygen atoms in total. The number of amides is 1. The summed E-state index contributed by atoms with van der Waals surface area (Å²) in [6.45, 7) is 1.91. The highest BCUT2D eigenvalue weighted by molar-refractivity contribution is 5.91. The smallest absolute Gasteiger partial charge is 0.228 e. The van der Waals surface area contributed by atoms with Crippen molar-refractivity contribution in [2.45, 2.75) is 45.4 Å². The zero-order valence-corrected chi connectivity index (χ0v) is 10.9. The van der Waals surface area contributed by atoms with Gasteiger partial charge in [-0.2, -0.15) is 0 Å². The molecule has 0 bridgehead atoms. The van der Waals surface area contributed by atoms with Crippen LogP contribution in [0.4, 0.5) is 11.5 Å². The Hall–Kier alpha value is -1.58. The summed E-state index contributed by atoms with van der Waals surface area (Å²) in [5.41, 5.74) is 7.31. The SMILES string of the molecule is Cc1cc(NC(=O)C2CCCCCC2)ncc1N. The molecular weight excluding hydrogens is 226 g/mol. The van der Waals surface area contributed by atoms with E-state index in [2.05, 4.69) is 10.3 Å². The Bertz CT molecular complexity index is 423. The molecule has 1 heterocycles. The lowest BCUT2D eigenvalue weighted by molar-refractivity contribution is -0.120. The average molecular weight is 247 g/mol. The highest BCUT2D eigenvalue weighted by Crippen LogP contribution is 2.24. The molecule has 0 aromatic carbocycles. The van der Waals surface area contributed by atoms with Crippen LogP contribution in [0.5, 0.6) is 0 Å². The lowest BCUT2D eigenvalue weighted by Gasteiger charge is -2.14. The number of aryl methyl sites for hydroxylation is 1. The van der Waals surface area contributed by atoms with Crippen LogP contribution in [-0.4, -0.2) is 10.9 Å². The van der Waals surface area contributed by atoms with Crippen molar-refractivity contribution < 1.29 is 4.79 Å². The predicted molar refractivity (Wildman–Crippen MR) is 73.2 cm³/mol. The zero-order valence-electron chi connectivity index (χ0n) is 10.9. The Morgan fingerprint density at radius 1 is 1.33 bits per heavy atom. The third-order valence-electron chi connectivity index (χ3n) is 3.63. The number of hydrogen-bond donors (Lipinski definition) is 2. The van der Waals surface area contributed by atoms with E-state index in [0.29, 0.717) is 11.5 Å². The first-order valence-electron chi connectivity index (χ1n) is 6.70. The van der Waals surface area contributed by atoms with Gasteiger partial charge in [-0.1, -0.05) is 25.7 Å². The highest BCUT2D eigenvalue weighted by atomic mass is 16.1. The number of hydrogen-bond acceptors (Lipinski definition) is 3. The van der Waals surface area contributed by atoms with Gasteiger partial charge in [0.05, 0.1) is 11.9 Å². The van der Waals surface area contributed by atoms with E-state index < -0.39 is 0 Å². The normalized spacial score (nSPS) is 17.2. The lowest BCUT2D eigenvalue weighted by Crippen LogP contribution is -2.23. The van der Waals surface area contributed by atoms with E-state index in [0.717, 1.165) is 31.2 Å². The molecule has 0 unspecified atom stereocenters. The Balaban J connectivity index is 1.99. The number of nitrogens with two attached hydrogens (primary N) is 1. The van der Waals surface area contributed by atoms with Gasteiger partial charge in [0.1, 0.15) is 5.82 Å². The fraction of sp³-hybridized carbons (Fsp3) is 0.571. The Morgan fingerprint density at radius 3 is 2.61 bits per heavy atom. The number of anilines is 2. The Labute approximate surface area is 108 Å². The van der Waals surface area contributed by atoms with Crippen LogP contribution in [-0.2, 0) is 4.79 Å². The van der Waals surface area contributed by atoms with E-state index in [1.54, 1.807) is 6.20 Å². The number of pyridine rings is 1.